The quantitative estimate of drug-likeness (QED) is 0.647. The number of hydrogen-bond donors (Lipinski definition) is 0. The Bertz CT molecular complexity index is 744. The third kappa shape index (κ3) is 3.11. The number of aromatic nitrogens is 3. The van der Waals surface area contributed by atoms with Crippen molar-refractivity contribution < 1.29 is 4.74 Å². The third-order valence-electron chi connectivity index (χ3n) is 3.84. The van der Waals surface area contributed by atoms with Gasteiger partial charge >= 0.3 is 0 Å². The first-order valence-electron chi connectivity index (χ1n) is 7.73. The molecule has 2 aromatic carbocycles. The summed E-state index contributed by atoms with van der Waals surface area (Å²) in [5, 5.41) is 8.38. The number of ether oxygens (including phenoxy) is 1. The van der Waals surface area contributed by atoms with Gasteiger partial charge < -0.3 is 4.74 Å². The topological polar surface area (TPSA) is 39.9 Å². The lowest BCUT2D eigenvalue weighted by molar-refractivity contribution is 0.298. The molecule has 0 saturated heterocycles. The number of unbranched alkanes of at least 4 members (excludes halogenated alkanes) is 1. The molecule has 114 valence electrons. The molecule has 0 fully saturated rings. The van der Waals surface area contributed by atoms with Crippen LogP contribution in [0.5, 0.6) is 5.75 Å². The molecule has 1 aromatic heterocycles. The highest BCUT2D eigenvalue weighted by molar-refractivity contribution is 5.73. The SMILES string of the molecule is Cc1cccc(C)c1OCCCCn1nnc2ccccc21. The zero-order chi connectivity index (χ0) is 15.4. The minimum absolute atomic E-state index is 0.734. The molecule has 0 aliphatic carbocycles. The maximum Gasteiger partial charge on any atom is 0.125 e. The van der Waals surface area contributed by atoms with Gasteiger partial charge in [-0.25, -0.2) is 4.68 Å². The number of nitrogens with zero attached hydrogens (tertiary/aromatic N) is 3. The number of hydrogen-bond acceptors (Lipinski definition) is 3. The van der Waals surface area contributed by atoms with Crippen LogP contribution in [-0.4, -0.2) is 21.6 Å². The van der Waals surface area contributed by atoms with E-state index >= 15 is 0 Å². The highest BCUT2D eigenvalue weighted by Gasteiger charge is 2.04. The summed E-state index contributed by atoms with van der Waals surface area (Å²) in [6, 6.07) is 14.3. The van der Waals surface area contributed by atoms with Gasteiger partial charge in [-0.3, -0.25) is 0 Å². The molecular weight excluding hydrogens is 274 g/mol. The van der Waals surface area contributed by atoms with Crippen LogP contribution in [0.15, 0.2) is 42.5 Å². The van der Waals surface area contributed by atoms with Gasteiger partial charge in [0.25, 0.3) is 0 Å². The fourth-order valence-corrected chi connectivity index (χ4v) is 2.65. The summed E-state index contributed by atoms with van der Waals surface area (Å²) in [4.78, 5) is 0. The second kappa shape index (κ2) is 6.60. The van der Waals surface area contributed by atoms with E-state index in [9.17, 15) is 0 Å². The van der Waals surface area contributed by atoms with Crippen molar-refractivity contribution in [2.75, 3.05) is 6.61 Å². The Morgan fingerprint density at radius 3 is 2.55 bits per heavy atom. The largest absolute Gasteiger partial charge is 0.493 e. The van der Waals surface area contributed by atoms with Crippen LogP contribution in [0.1, 0.15) is 24.0 Å². The first-order valence-corrected chi connectivity index (χ1v) is 7.73. The standard InChI is InChI=1S/C18H21N3O/c1-14-8-7-9-15(2)18(14)22-13-6-5-12-21-17-11-4-3-10-16(17)19-20-21/h3-4,7-11H,5-6,12-13H2,1-2H3. The van der Waals surface area contributed by atoms with E-state index in [-0.39, 0.29) is 0 Å². The van der Waals surface area contributed by atoms with Crippen molar-refractivity contribution in [2.24, 2.45) is 0 Å². The van der Waals surface area contributed by atoms with E-state index in [1.165, 1.54) is 11.1 Å². The van der Waals surface area contributed by atoms with Crippen LogP contribution in [0.25, 0.3) is 11.0 Å². The van der Waals surface area contributed by atoms with Crippen molar-refractivity contribution >= 4 is 11.0 Å². The fourth-order valence-electron chi connectivity index (χ4n) is 2.65. The normalized spacial score (nSPS) is 11.0. The van der Waals surface area contributed by atoms with Crippen LogP contribution >= 0.6 is 0 Å². The van der Waals surface area contributed by atoms with Gasteiger partial charge in [-0.05, 0) is 49.9 Å². The predicted octanol–water partition coefficient (Wildman–Crippen LogP) is 3.91. The molecule has 22 heavy (non-hydrogen) atoms. The van der Waals surface area contributed by atoms with Crippen LogP contribution in [0.4, 0.5) is 0 Å². The van der Waals surface area contributed by atoms with E-state index in [1.807, 2.05) is 22.9 Å². The Morgan fingerprint density at radius 2 is 1.73 bits per heavy atom. The van der Waals surface area contributed by atoms with Gasteiger partial charge in [0.2, 0.25) is 0 Å². The van der Waals surface area contributed by atoms with E-state index in [4.69, 9.17) is 4.74 Å². The molecule has 4 nitrogen and oxygen atoms in total. The van der Waals surface area contributed by atoms with E-state index in [0.717, 1.165) is 42.8 Å². The molecule has 0 aliphatic heterocycles. The highest BCUT2D eigenvalue weighted by atomic mass is 16.5. The van der Waals surface area contributed by atoms with Gasteiger partial charge in [0, 0.05) is 6.54 Å². The van der Waals surface area contributed by atoms with Crippen molar-refractivity contribution in [3.63, 3.8) is 0 Å². The van der Waals surface area contributed by atoms with Crippen LogP contribution in [0.3, 0.4) is 0 Å². The minimum Gasteiger partial charge on any atom is -0.493 e. The number of fused-ring (bicyclic) bond motifs is 1. The molecular formula is C18H21N3O. The van der Waals surface area contributed by atoms with Crippen molar-refractivity contribution in [1.29, 1.82) is 0 Å². The van der Waals surface area contributed by atoms with Crippen molar-refractivity contribution in [3.05, 3.63) is 53.6 Å². The summed E-state index contributed by atoms with van der Waals surface area (Å²) in [7, 11) is 0. The molecule has 0 radical (unpaired) electrons. The summed E-state index contributed by atoms with van der Waals surface area (Å²) in [6.07, 6.45) is 2.03. The summed E-state index contributed by atoms with van der Waals surface area (Å²) < 4.78 is 7.90. The fraction of sp³-hybridized carbons (Fsp3) is 0.333. The second-order valence-corrected chi connectivity index (χ2v) is 5.58. The Balaban J connectivity index is 1.50. The predicted molar refractivity (Wildman–Crippen MR) is 88.2 cm³/mol. The van der Waals surface area contributed by atoms with Gasteiger partial charge in [0.05, 0.1) is 12.1 Å². The van der Waals surface area contributed by atoms with E-state index in [0.29, 0.717) is 0 Å². The lowest BCUT2D eigenvalue weighted by Crippen LogP contribution is -2.05. The molecule has 0 spiro atoms. The summed E-state index contributed by atoms with van der Waals surface area (Å²) in [5.41, 5.74) is 4.44. The van der Waals surface area contributed by atoms with Gasteiger partial charge in [0.1, 0.15) is 11.3 Å². The average molecular weight is 295 g/mol. The Kier molecular flexibility index (Phi) is 4.37. The van der Waals surface area contributed by atoms with E-state index < -0.39 is 0 Å². The molecule has 0 saturated carbocycles. The Labute approximate surface area is 130 Å². The van der Waals surface area contributed by atoms with Crippen LogP contribution < -0.4 is 4.74 Å². The van der Waals surface area contributed by atoms with Gasteiger partial charge in [-0.1, -0.05) is 35.5 Å². The maximum absolute atomic E-state index is 5.93. The van der Waals surface area contributed by atoms with E-state index in [2.05, 4.69) is 48.4 Å². The molecule has 0 atom stereocenters. The average Bonchev–Trinajstić information content (AvgIpc) is 2.93. The molecule has 0 aliphatic rings. The number of rotatable bonds is 6. The van der Waals surface area contributed by atoms with Gasteiger partial charge in [-0.2, -0.15) is 0 Å². The van der Waals surface area contributed by atoms with Gasteiger partial charge in [0.15, 0.2) is 0 Å². The third-order valence-corrected chi connectivity index (χ3v) is 3.84. The zero-order valence-corrected chi connectivity index (χ0v) is 13.1. The Morgan fingerprint density at radius 1 is 0.955 bits per heavy atom. The lowest BCUT2D eigenvalue weighted by Gasteiger charge is -2.11. The molecule has 0 N–H and O–H groups in total. The number of benzene rings is 2. The molecule has 0 bridgehead atoms. The van der Waals surface area contributed by atoms with E-state index in [1.54, 1.807) is 0 Å². The molecule has 0 amide bonds. The van der Waals surface area contributed by atoms with Crippen LogP contribution in [0, 0.1) is 13.8 Å². The first-order chi connectivity index (χ1) is 10.8. The monoisotopic (exact) mass is 295 g/mol. The molecule has 1 heterocycles. The first kappa shape index (κ1) is 14.6. The van der Waals surface area contributed by atoms with Gasteiger partial charge in [-0.15, -0.1) is 5.10 Å². The molecule has 0 unspecified atom stereocenters. The molecule has 3 rings (SSSR count). The smallest absolute Gasteiger partial charge is 0.125 e. The lowest BCUT2D eigenvalue weighted by atomic mass is 10.1. The van der Waals surface area contributed by atoms with Crippen molar-refractivity contribution in [1.82, 2.24) is 15.0 Å². The second-order valence-electron chi connectivity index (χ2n) is 5.58. The van der Waals surface area contributed by atoms with Crippen LogP contribution in [0.2, 0.25) is 0 Å². The highest BCUT2D eigenvalue weighted by Crippen LogP contribution is 2.22. The summed E-state index contributed by atoms with van der Waals surface area (Å²) in [6.45, 7) is 5.78. The molecule has 4 heteroatoms. The zero-order valence-electron chi connectivity index (χ0n) is 13.1. The summed E-state index contributed by atoms with van der Waals surface area (Å²) >= 11 is 0. The maximum atomic E-state index is 5.93. The molecule has 3 aromatic rings. The Hall–Kier alpha value is -2.36. The van der Waals surface area contributed by atoms with Crippen molar-refractivity contribution in [3.8, 4) is 5.75 Å². The number of para-hydroxylation sites is 2. The van der Waals surface area contributed by atoms with Crippen molar-refractivity contribution in [2.45, 2.75) is 33.2 Å². The minimum atomic E-state index is 0.734. The number of aryl methyl sites for hydroxylation is 3. The summed E-state index contributed by atoms with van der Waals surface area (Å²) in [5.74, 6) is 1.02. The van der Waals surface area contributed by atoms with Crippen LogP contribution in [-0.2, 0) is 6.54 Å².